The van der Waals surface area contributed by atoms with Gasteiger partial charge in [0.25, 0.3) is 0 Å². The molecule has 2 aromatic heterocycles. The van der Waals surface area contributed by atoms with Crippen molar-refractivity contribution in [3.05, 3.63) is 71.2 Å². The van der Waals surface area contributed by atoms with E-state index >= 15 is 0 Å². The van der Waals surface area contributed by atoms with Gasteiger partial charge in [-0.1, -0.05) is 18.2 Å². The predicted molar refractivity (Wildman–Crippen MR) is 122 cm³/mol. The third-order valence-corrected chi connectivity index (χ3v) is 7.52. The Labute approximate surface area is 196 Å². The highest BCUT2D eigenvalue weighted by Crippen LogP contribution is 2.33. The minimum Gasteiger partial charge on any atom is -0.369 e. The van der Waals surface area contributed by atoms with Gasteiger partial charge in [0.05, 0.1) is 28.3 Å². The molecule has 0 spiro atoms. The number of hydrogen-bond acceptors (Lipinski definition) is 5. The summed E-state index contributed by atoms with van der Waals surface area (Å²) in [6, 6.07) is 8.81. The van der Waals surface area contributed by atoms with E-state index in [0.29, 0.717) is 16.9 Å². The largest absolute Gasteiger partial charge is 0.417 e. The number of ketones is 1. The molecule has 1 aliphatic heterocycles. The Balaban J connectivity index is 1.45. The zero-order valence-corrected chi connectivity index (χ0v) is 18.8. The van der Waals surface area contributed by atoms with Crippen molar-refractivity contribution in [3.8, 4) is 11.5 Å². The number of fused-ring (bicyclic) bond motifs is 1. The lowest BCUT2D eigenvalue weighted by atomic mass is 9.99. The molecular weight excluding hydrogens is 488 g/mol. The third-order valence-electron chi connectivity index (χ3n) is 5.91. The van der Waals surface area contributed by atoms with Gasteiger partial charge in [0.2, 0.25) is 0 Å². The summed E-state index contributed by atoms with van der Waals surface area (Å²) >= 11 is 0. The summed E-state index contributed by atoms with van der Waals surface area (Å²) in [7, 11) is -3.09. The van der Waals surface area contributed by atoms with Crippen LogP contribution in [0, 0.1) is 5.82 Å². The molecule has 0 saturated carbocycles. The maximum absolute atomic E-state index is 14.8. The van der Waals surface area contributed by atoms with Crippen molar-refractivity contribution in [2.45, 2.75) is 6.18 Å². The second-order valence-corrected chi connectivity index (χ2v) is 10.5. The van der Waals surface area contributed by atoms with Crippen LogP contribution in [0.5, 0.6) is 0 Å². The molecule has 1 saturated heterocycles. The maximum Gasteiger partial charge on any atom is 0.417 e. The number of halogens is 4. The van der Waals surface area contributed by atoms with Gasteiger partial charge in [-0.2, -0.15) is 13.2 Å². The highest BCUT2D eigenvalue weighted by atomic mass is 32.2. The van der Waals surface area contributed by atoms with Crippen molar-refractivity contribution in [1.29, 1.82) is 0 Å². The first kappa shape index (κ1) is 23.1. The highest BCUT2D eigenvalue weighted by molar-refractivity contribution is 7.91. The Hall–Kier alpha value is -3.67. The van der Waals surface area contributed by atoms with Crippen molar-refractivity contribution in [2.24, 2.45) is 0 Å². The van der Waals surface area contributed by atoms with Crippen LogP contribution < -0.4 is 4.90 Å². The molecule has 3 heterocycles. The number of H-pyrrole nitrogens is 2. The van der Waals surface area contributed by atoms with Gasteiger partial charge in [-0.3, -0.25) is 4.79 Å². The second kappa shape index (κ2) is 8.22. The van der Waals surface area contributed by atoms with Crippen LogP contribution in [0.2, 0.25) is 0 Å². The van der Waals surface area contributed by atoms with E-state index in [4.69, 9.17) is 0 Å². The fourth-order valence-electron chi connectivity index (χ4n) is 4.09. The number of benzene rings is 2. The summed E-state index contributed by atoms with van der Waals surface area (Å²) in [5.74, 6) is -1.27. The quantitative estimate of drug-likeness (QED) is 0.320. The Morgan fingerprint density at radius 3 is 2.49 bits per heavy atom. The average Bonchev–Trinajstić information content (AvgIpc) is 3.45. The Morgan fingerprint density at radius 2 is 1.77 bits per heavy atom. The third kappa shape index (κ3) is 4.41. The summed E-state index contributed by atoms with van der Waals surface area (Å²) in [5.41, 5.74) is -0.323. The number of nitrogens with one attached hydrogen (secondary N) is 2. The molecule has 2 aromatic carbocycles. The molecule has 1 aliphatic rings. The van der Waals surface area contributed by atoms with Gasteiger partial charge in [-0.25, -0.2) is 17.8 Å². The van der Waals surface area contributed by atoms with Crippen molar-refractivity contribution in [2.75, 3.05) is 29.5 Å². The molecule has 0 amide bonds. The monoisotopic (exact) mass is 506 g/mol. The Kier molecular flexibility index (Phi) is 5.42. The first-order valence-corrected chi connectivity index (χ1v) is 12.4. The molecule has 1 fully saturated rings. The number of nitrogens with zero attached hydrogens (tertiary/aromatic N) is 2. The van der Waals surface area contributed by atoms with E-state index in [-0.39, 0.29) is 41.5 Å². The molecule has 0 unspecified atom stereocenters. The van der Waals surface area contributed by atoms with Crippen LogP contribution in [0.4, 0.5) is 23.2 Å². The summed E-state index contributed by atoms with van der Waals surface area (Å²) < 4.78 is 78.1. The molecule has 182 valence electrons. The lowest BCUT2D eigenvalue weighted by molar-refractivity contribution is -0.137. The van der Waals surface area contributed by atoms with Crippen LogP contribution in [0.1, 0.15) is 21.5 Å². The van der Waals surface area contributed by atoms with Gasteiger partial charge in [0.15, 0.2) is 27.3 Å². The SMILES string of the molecule is O=C(c1c[nH]c(-c2nc3c(F)cc(N4CCS(=O)(=O)CC4)cc3[nH]2)c1)c1ccccc1C(F)(F)F. The molecule has 2 N–H and O–H groups in total. The molecule has 0 radical (unpaired) electrons. The van der Waals surface area contributed by atoms with Crippen LogP contribution in [0.25, 0.3) is 22.6 Å². The molecule has 0 bridgehead atoms. The lowest BCUT2D eigenvalue weighted by Gasteiger charge is -2.28. The zero-order valence-electron chi connectivity index (χ0n) is 18.0. The molecule has 5 rings (SSSR count). The minimum absolute atomic E-state index is 0.00663. The van der Waals surface area contributed by atoms with E-state index in [2.05, 4.69) is 15.0 Å². The topological polar surface area (TPSA) is 98.9 Å². The second-order valence-electron chi connectivity index (χ2n) is 8.22. The number of carbonyl (C=O) groups excluding carboxylic acids is 1. The number of imidazole rings is 1. The number of sulfone groups is 1. The van der Waals surface area contributed by atoms with E-state index in [9.17, 15) is 30.8 Å². The molecule has 0 aliphatic carbocycles. The molecular formula is C23H18F4N4O3S. The van der Waals surface area contributed by atoms with Gasteiger partial charge in [0.1, 0.15) is 5.52 Å². The van der Waals surface area contributed by atoms with Crippen LogP contribution in [-0.2, 0) is 16.0 Å². The number of rotatable bonds is 4. The number of carbonyl (C=O) groups is 1. The minimum atomic E-state index is -4.68. The van der Waals surface area contributed by atoms with Crippen molar-refractivity contribution in [1.82, 2.24) is 15.0 Å². The van der Waals surface area contributed by atoms with Gasteiger partial charge >= 0.3 is 6.18 Å². The number of anilines is 1. The van der Waals surface area contributed by atoms with E-state index in [1.54, 1.807) is 11.0 Å². The number of aromatic amines is 2. The van der Waals surface area contributed by atoms with Gasteiger partial charge in [-0.05, 0) is 24.3 Å². The molecule has 4 aromatic rings. The first-order valence-electron chi connectivity index (χ1n) is 10.6. The van der Waals surface area contributed by atoms with Crippen LogP contribution in [0.3, 0.4) is 0 Å². The number of hydrogen-bond donors (Lipinski definition) is 2. The predicted octanol–water partition coefficient (Wildman–Crippen LogP) is 4.18. The molecule has 35 heavy (non-hydrogen) atoms. The smallest absolute Gasteiger partial charge is 0.369 e. The van der Waals surface area contributed by atoms with E-state index in [0.717, 1.165) is 12.1 Å². The molecule has 7 nitrogen and oxygen atoms in total. The summed E-state index contributed by atoms with van der Waals surface area (Å²) in [4.78, 5) is 24.5. The molecule has 0 atom stereocenters. The maximum atomic E-state index is 14.8. The summed E-state index contributed by atoms with van der Waals surface area (Å²) in [5, 5.41) is 0. The van der Waals surface area contributed by atoms with Crippen molar-refractivity contribution in [3.63, 3.8) is 0 Å². The fourth-order valence-corrected chi connectivity index (χ4v) is 5.29. The first-order chi connectivity index (χ1) is 16.5. The van der Waals surface area contributed by atoms with Crippen LogP contribution in [0.15, 0.2) is 48.7 Å². The van der Waals surface area contributed by atoms with Crippen LogP contribution in [-0.4, -0.2) is 53.7 Å². The van der Waals surface area contributed by atoms with E-state index in [1.807, 2.05) is 0 Å². The summed E-state index contributed by atoms with van der Waals surface area (Å²) in [6.07, 6.45) is -3.41. The molecule has 12 heteroatoms. The summed E-state index contributed by atoms with van der Waals surface area (Å²) in [6.45, 7) is 0.492. The van der Waals surface area contributed by atoms with Gasteiger partial charge in [-0.15, -0.1) is 0 Å². The standard InChI is InChI=1S/C23H18F4N4O3S/c24-17-10-14(31-5-7-35(33,34)8-6-31)11-18-20(17)30-22(29-18)19-9-13(12-28-19)21(32)15-3-1-2-4-16(15)23(25,26)27/h1-4,9-12,28H,5-8H2,(H,29,30). The van der Waals surface area contributed by atoms with E-state index in [1.165, 1.54) is 30.5 Å². The van der Waals surface area contributed by atoms with Crippen molar-refractivity contribution >= 4 is 32.3 Å². The fraction of sp³-hybridized carbons (Fsp3) is 0.217. The lowest BCUT2D eigenvalue weighted by Crippen LogP contribution is -2.40. The van der Waals surface area contributed by atoms with E-state index < -0.39 is 38.7 Å². The van der Waals surface area contributed by atoms with Gasteiger partial charge < -0.3 is 14.9 Å². The normalized spacial score (nSPS) is 16.1. The average molecular weight is 506 g/mol. The Morgan fingerprint density at radius 1 is 1.06 bits per heavy atom. The van der Waals surface area contributed by atoms with Crippen LogP contribution >= 0.6 is 0 Å². The highest BCUT2D eigenvalue weighted by Gasteiger charge is 2.35. The number of alkyl halides is 3. The zero-order chi connectivity index (χ0) is 25.0. The van der Waals surface area contributed by atoms with Gasteiger partial charge in [0, 0.05) is 36.1 Å². The van der Waals surface area contributed by atoms with Crippen molar-refractivity contribution < 1.29 is 30.8 Å². The number of aromatic nitrogens is 3. The Bertz CT molecular complexity index is 1540.